The van der Waals surface area contributed by atoms with Crippen molar-refractivity contribution in [2.75, 3.05) is 0 Å². The number of carbonyl (C=O) groups excluding carboxylic acids is 4. The number of ketones is 2. The van der Waals surface area contributed by atoms with E-state index in [0.717, 1.165) is 5.57 Å². The summed E-state index contributed by atoms with van der Waals surface area (Å²) in [7, 11) is 0. The lowest BCUT2D eigenvalue weighted by Crippen LogP contribution is -2.77. The number of hydrogen-bond acceptors (Lipinski definition) is 9. The molecule has 10 atom stereocenters. The van der Waals surface area contributed by atoms with Crippen molar-refractivity contribution in [1.82, 2.24) is 0 Å². The minimum atomic E-state index is -2.44. The molecule has 0 amide bonds. The first kappa shape index (κ1) is 23.5. The molecule has 37 heavy (non-hydrogen) atoms. The van der Waals surface area contributed by atoms with Crippen LogP contribution in [-0.2, 0) is 33.4 Å². The summed E-state index contributed by atoms with van der Waals surface area (Å²) in [5.41, 5.74) is -7.44. The molecule has 0 aromatic heterocycles. The predicted molar refractivity (Wildman–Crippen MR) is 124 cm³/mol. The molecule has 5 fully saturated rings. The average molecular weight is 511 g/mol. The van der Waals surface area contributed by atoms with E-state index in [1.165, 1.54) is 13.0 Å². The SMILES string of the molecule is C=C1C(=O)O[C@@H]2C[C@@]1(C)[C@@H]1C(=O)[C@@]3(O)OC14C(O)(CCC1[C@H]3CC=C3CC=CC(=O)[C@@]31C)C(=O)OC24C. The highest BCUT2D eigenvalue weighted by molar-refractivity contribution is 6.02. The van der Waals surface area contributed by atoms with Crippen LogP contribution in [0, 0.1) is 28.6 Å². The van der Waals surface area contributed by atoms with Crippen molar-refractivity contribution >= 4 is 23.5 Å². The van der Waals surface area contributed by atoms with Crippen LogP contribution in [0.5, 0.6) is 0 Å². The molecule has 1 spiro atoms. The minimum absolute atomic E-state index is 0.0271. The van der Waals surface area contributed by atoms with Crippen molar-refractivity contribution in [2.24, 2.45) is 28.6 Å². The highest BCUT2D eigenvalue weighted by Crippen LogP contribution is 2.73. The first-order valence-corrected chi connectivity index (χ1v) is 13.0. The van der Waals surface area contributed by atoms with Gasteiger partial charge in [0.15, 0.2) is 28.4 Å². The summed E-state index contributed by atoms with van der Waals surface area (Å²) in [4.78, 5) is 54.3. The Morgan fingerprint density at radius 1 is 1.08 bits per heavy atom. The molecule has 7 rings (SSSR count). The fourth-order valence-corrected chi connectivity index (χ4v) is 9.22. The van der Waals surface area contributed by atoms with E-state index in [2.05, 4.69) is 6.58 Å². The number of hydrogen-bond donors (Lipinski definition) is 2. The lowest BCUT2D eigenvalue weighted by Gasteiger charge is -2.60. The number of allylic oxidation sites excluding steroid dienone is 4. The maximum atomic E-state index is 14.5. The van der Waals surface area contributed by atoms with E-state index in [-0.39, 0.29) is 37.0 Å². The molecule has 196 valence electrons. The summed E-state index contributed by atoms with van der Waals surface area (Å²) in [6.07, 6.45) is 5.20. The zero-order valence-corrected chi connectivity index (χ0v) is 21.0. The second kappa shape index (κ2) is 6.33. The van der Waals surface area contributed by atoms with E-state index in [9.17, 15) is 29.4 Å². The van der Waals surface area contributed by atoms with E-state index in [1.54, 1.807) is 19.9 Å². The Kier molecular flexibility index (Phi) is 4.02. The fourth-order valence-electron chi connectivity index (χ4n) is 9.22. The van der Waals surface area contributed by atoms with Gasteiger partial charge in [-0.2, -0.15) is 0 Å². The van der Waals surface area contributed by atoms with Crippen LogP contribution >= 0.6 is 0 Å². The van der Waals surface area contributed by atoms with Crippen LogP contribution in [0.1, 0.15) is 52.9 Å². The van der Waals surface area contributed by atoms with Crippen molar-refractivity contribution in [3.8, 4) is 0 Å². The van der Waals surface area contributed by atoms with E-state index in [4.69, 9.17) is 14.2 Å². The molecule has 7 aliphatic rings. The predicted octanol–water partition coefficient (Wildman–Crippen LogP) is 1.46. The summed E-state index contributed by atoms with van der Waals surface area (Å²) >= 11 is 0. The van der Waals surface area contributed by atoms with Crippen LogP contribution < -0.4 is 0 Å². The van der Waals surface area contributed by atoms with Gasteiger partial charge in [-0.25, -0.2) is 9.59 Å². The van der Waals surface area contributed by atoms with Gasteiger partial charge in [0.05, 0.1) is 11.3 Å². The molecule has 3 aliphatic carbocycles. The van der Waals surface area contributed by atoms with Gasteiger partial charge in [-0.1, -0.05) is 31.2 Å². The van der Waals surface area contributed by atoms with Crippen LogP contribution in [0.2, 0.25) is 0 Å². The van der Waals surface area contributed by atoms with Gasteiger partial charge in [0.25, 0.3) is 0 Å². The third kappa shape index (κ3) is 2.12. The monoisotopic (exact) mass is 510 g/mol. The van der Waals surface area contributed by atoms with E-state index < -0.39 is 75.0 Å². The molecular weight excluding hydrogens is 480 g/mol. The largest absolute Gasteiger partial charge is 0.455 e. The fraction of sp³-hybridized carbons (Fsp3) is 0.643. The molecule has 0 aromatic carbocycles. The minimum Gasteiger partial charge on any atom is -0.455 e. The van der Waals surface area contributed by atoms with Gasteiger partial charge in [0, 0.05) is 16.9 Å². The second-order valence-corrected chi connectivity index (χ2v) is 12.6. The molecular formula is C28H30O9. The molecule has 9 heteroatoms. The topological polar surface area (TPSA) is 136 Å². The first-order chi connectivity index (χ1) is 17.2. The summed E-state index contributed by atoms with van der Waals surface area (Å²) < 4.78 is 18.0. The normalized spacial score (nSPS) is 55.4. The van der Waals surface area contributed by atoms with E-state index in [1.807, 2.05) is 6.08 Å². The smallest absolute Gasteiger partial charge is 0.342 e. The molecule has 4 heterocycles. The molecule has 2 N–H and O–H groups in total. The number of ether oxygens (including phenoxy) is 3. The van der Waals surface area contributed by atoms with Crippen LogP contribution in [0.15, 0.2) is 36.0 Å². The van der Waals surface area contributed by atoms with Gasteiger partial charge >= 0.3 is 11.9 Å². The van der Waals surface area contributed by atoms with Crippen molar-refractivity contribution < 1.29 is 43.6 Å². The van der Waals surface area contributed by atoms with Gasteiger partial charge in [-0.05, 0) is 57.9 Å². The van der Waals surface area contributed by atoms with E-state index >= 15 is 0 Å². The Morgan fingerprint density at radius 2 is 1.81 bits per heavy atom. The molecule has 0 radical (unpaired) electrons. The van der Waals surface area contributed by atoms with Gasteiger partial charge < -0.3 is 24.4 Å². The number of Topliss-reactive ketones (excluding diaryl/α,β-unsaturated/α-hetero) is 1. The zero-order valence-electron chi connectivity index (χ0n) is 21.0. The Balaban J connectivity index is 1.50. The van der Waals surface area contributed by atoms with Crippen LogP contribution in [0.4, 0.5) is 0 Å². The molecule has 9 nitrogen and oxygen atoms in total. The van der Waals surface area contributed by atoms with Crippen LogP contribution in [-0.4, -0.2) is 62.4 Å². The maximum absolute atomic E-state index is 14.5. The molecule has 1 saturated carbocycles. The first-order valence-electron chi connectivity index (χ1n) is 13.0. The summed E-state index contributed by atoms with van der Waals surface area (Å²) in [5, 5.41) is 24.6. The number of fused-ring (bicyclic) bond motifs is 9. The van der Waals surface area contributed by atoms with E-state index in [0.29, 0.717) is 6.42 Å². The average Bonchev–Trinajstić information content (AvgIpc) is 3.19. The lowest BCUT2D eigenvalue weighted by atomic mass is 9.47. The number of aliphatic hydroxyl groups is 2. The molecule has 4 saturated heterocycles. The Bertz CT molecular complexity index is 1310. The van der Waals surface area contributed by atoms with Crippen molar-refractivity contribution in [2.45, 2.75) is 81.6 Å². The zero-order chi connectivity index (χ0) is 26.6. The highest BCUT2D eigenvalue weighted by Gasteiger charge is 2.91. The Labute approximate surface area is 213 Å². The third-order valence-corrected chi connectivity index (χ3v) is 11.3. The third-order valence-electron chi connectivity index (χ3n) is 11.3. The van der Waals surface area contributed by atoms with Gasteiger partial charge in [0.1, 0.15) is 6.10 Å². The lowest BCUT2D eigenvalue weighted by molar-refractivity contribution is -0.339. The number of esters is 2. The molecule has 0 aromatic rings. The van der Waals surface area contributed by atoms with Crippen molar-refractivity contribution in [3.63, 3.8) is 0 Å². The van der Waals surface area contributed by atoms with Gasteiger partial charge in [0.2, 0.25) is 5.79 Å². The molecule has 4 unspecified atom stereocenters. The Morgan fingerprint density at radius 3 is 2.54 bits per heavy atom. The number of rotatable bonds is 0. The van der Waals surface area contributed by atoms with Crippen LogP contribution in [0.3, 0.4) is 0 Å². The summed E-state index contributed by atoms with van der Waals surface area (Å²) in [6, 6.07) is 0. The summed E-state index contributed by atoms with van der Waals surface area (Å²) in [6.45, 7) is 8.91. The highest BCUT2D eigenvalue weighted by atomic mass is 16.7. The van der Waals surface area contributed by atoms with Crippen molar-refractivity contribution in [3.05, 3.63) is 36.0 Å². The number of carbonyl (C=O) groups is 4. The summed E-state index contributed by atoms with van der Waals surface area (Å²) in [5.74, 6) is -7.72. The molecule has 4 aliphatic heterocycles. The van der Waals surface area contributed by atoms with Crippen LogP contribution in [0.25, 0.3) is 0 Å². The quantitative estimate of drug-likeness (QED) is 0.282. The van der Waals surface area contributed by atoms with Gasteiger partial charge in [-0.3, -0.25) is 9.59 Å². The maximum Gasteiger partial charge on any atom is 0.342 e. The second-order valence-electron chi connectivity index (χ2n) is 12.6. The molecule has 4 bridgehead atoms. The Hall–Kier alpha value is -2.62. The van der Waals surface area contributed by atoms with Crippen molar-refractivity contribution in [1.29, 1.82) is 0 Å². The standard InChI is InChI=1S/C28H30O9/c1-13-21(31)35-18-12-23(13,2)19-20(30)27(34)16-9-8-14-6-5-7-17(29)24(14,3)15(16)10-11-26(33)22(32)36-25(18,4)28(19,26)37-27/h5,7-8,15-16,18-19,33-34H,1,6,9-12H2,2-4H3/t15?,16-,18-,19+,23-,24+,25?,26?,27+,28?/m1/s1. The van der Waals surface area contributed by atoms with Gasteiger partial charge in [-0.15, -0.1) is 0 Å².